The molecule has 5 rings (SSSR count). The lowest BCUT2D eigenvalue weighted by Gasteiger charge is -2.41. The Morgan fingerprint density at radius 1 is 1.00 bits per heavy atom. The van der Waals surface area contributed by atoms with Crippen LogP contribution < -0.4 is 11.5 Å². The molecule has 116 valence electrons. The van der Waals surface area contributed by atoms with Crippen LogP contribution in [0.25, 0.3) is 0 Å². The Hall–Kier alpha value is -0.440. The fraction of sp³-hybridized carbons (Fsp3) is 0.647. The van der Waals surface area contributed by atoms with E-state index in [4.69, 9.17) is 11.5 Å². The highest BCUT2D eigenvalue weighted by atomic mass is 35.5. The molecule has 0 aliphatic heterocycles. The van der Waals surface area contributed by atoms with Crippen LogP contribution in [0.4, 0.5) is 5.69 Å². The van der Waals surface area contributed by atoms with E-state index in [0.717, 1.165) is 11.6 Å². The summed E-state index contributed by atoms with van der Waals surface area (Å²) in [7, 11) is 0. The van der Waals surface area contributed by atoms with Crippen molar-refractivity contribution in [2.24, 2.45) is 16.6 Å². The lowest BCUT2D eigenvalue weighted by molar-refractivity contribution is 0.133. The number of fused-ring (bicyclic) bond motifs is 5. The second-order valence-corrected chi connectivity index (χ2v) is 8.34. The quantitative estimate of drug-likeness (QED) is 0.708. The molecule has 0 radical (unpaired) electrons. The third-order valence-electron chi connectivity index (χ3n) is 6.77. The van der Waals surface area contributed by atoms with Crippen molar-refractivity contribution in [3.63, 3.8) is 0 Å². The first-order valence-corrected chi connectivity index (χ1v) is 7.62. The molecule has 5 atom stereocenters. The van der Waals surface area contributed by atoms with Gasteiger partial charge < -0.3 is 11.5 Å². The lowest BCUT2D eigenvalue weighted by Crippen LogP contribution is -2.45. The molecule has 2 nitrogen and oxygen atoms in total. The summed E-state index contributed by atoms with van der Waals surface area (Å²) in [5.41, 5.74) is 17.9. The van der Waals surface area contributed by atoms with E-state index in [1.807, 2.05) is 0 Å². The van der Waals surface area contributed by atoms with E-state index >= 15 is 0 Å². The number of hydrogen-bond donors (Lipinski definition) is 2. The highest BCUT2D eigenvalue weighted by Crippen LogP contribution is 2.79. The number of rotatable bonds is 0. The second-order valence-electron chi connectivity index (χ2n) is 8.34. The van der Waals surface area contributed by atoms with Gasteiger partial charge in [-0.25, -0.2) is 0 Å². The van der Waals surface area contributed by atoms with E-state index in [1.54, 1.807) is 11.1 Å². The molecule has 4 aliphatic carbocycles. The number of hydrogen-bond acceptors (Lipinski definition) is 2. The van der Waals surface area contributed by atoms with Gasteiger partial charge in [-0.1, -0.05) is 13.0 Å². The number of nitrogens with two attached hydrogens (primary N) is 2. The molecule has 4 heteroatoms. The molecule has 0 heterocycles. The van der Waals surface area contributed by atoms with Crippen molar-refractivity contribution in [2.45, 2.75) is 56.4 Å². The molecule has 3 fully saturated rings. The summed E-state index contributed by atoms with van der Waals surface area (Å²) in [6.07, 6.45) is 6.41. The van der Waals surface area contributed by atoms with Crippen LogP contribution in [0.3, 0.4) is 0 Å². The van der Waals surface area contributed by atoms with Crippen molar-refractivity contribution in [3.05, 3.63) is 29.3 Å². The third kappa shape index (κ3) is 1.64. The van der Waals surface area contributed by atoms with E-state index in [-0.39, 0.29) is 30.4 Å². The van der Waals surface area contributed by atoms with Crippen molar-refractivity contribution in [1.29, 1.82) is 0 Å². The average Bonchev–Trinajstić information content (AvgIpc) is 2.75. The van der Waals surface area contributed by atoms with Gasteiger partial charge >= 0.3 is 0 Å². The minimum Gasteiger partial charge on any atom is -0.399 e. The van der Waals surface area contributed by atoms with Gasteiger partial charge in [-0.15, -0.1) is 24.8 Å². The summed E-state index contributed by atoms with van der Waals surface area (Å²) in [6.45, 7) is 2.48. The zero-order valence-electron chi connectivity index (χ0n) is 12.4. The third-order valence-corrected chi connectivity index (χ3v) is 6.77. The highest BCUT2D eigenvalue weighted by molar-refractivity contribution is 5.85. The van der Waals surface area contributed by atoms with E-state index in [0.29, 0.717) is 16.7 Å². The summed E-state index contributed by atoms with van der Waals surface area (Å²) in [4.78, 5) is 0. The van der Waals surface area contributed by atoms with E-state index < -0.39 is 0 Å². The summed E-state index contributed by atoms with van der Waals surface area (Å²) in [6, 6.07) is 6.65. The fourth-order valence-corrected chi connectivity index (χ4v) is 6.87. The molecule has 0 aromatic heterocycles. The smallest absolute Gasteiger partial charge is 0.0317 e. The summed E-state index contributed by atoms with van der Waals surface area (Å²) < 4.78 is 0. The predicted octanol–water partition coefficient (Wildman–Crippen LogP) is 3.97. The van der Waals surface area contributed by atoms with Crippen LogP contribution in [0.15, 0.2) is 18.2 Å². The van der Waals surface area contributed by atoms with Gasteiger partial charge in [0.15, 0.2) is 0 Å². The Morgan fingerprint density at radius 2 is 1.71 bits per heavy atom. The molecule has 1 aromatic rings. The molecule has 21 heavy (non-hydrogen) atoms. The van der Waals surface area contributed by atoms with E-state index in [2.05, 4.69) is 25.1 Å². The summed E-state index contributed by atoms with van der Waals surface area (Å²) >= 11 is 0. The van der Waals surface area contributed by atoms with Gasteiger partial charge in [0, 0.05) is 11.2 Å². The Balaban J connectivity index is 0.000000661. The first-order chi connectivity index (χ1) is 8.93. The van der Waals surface area contributed by atoms with Crippen molar-refractivity contribution in [3.8, 4) is 0 Å². The number of halogens is 2. The molecule has 3 bridgehead atoms. The van der Waals surface area contributed by atoms with E-state index in [1.165, 1.54) is 32.1 Å². The van der Waals surface area contributed by atoms with Crippen LogP contribution in [-0.2, 0) is 0 Å². The van der Waals surface area contributed by atoms with Crippen molar-refractivity contribution < 1.29 is 0 Å². The Labute approximate surface area is 138 Å². The zero-order valence-corrected chi connectivity index (χ0v) is 14.0. The zero-order chi connectivity index (χ0) is 13.0. The van der Waals surface area contributed by atoms with Crippen LogP contribution in [0.2, 0.25) is 0 Å². The number of nitrogen functional groups attached to an aromatic ring is 1. The minimum atomic E-state index is 0. The first kappa shape index (κ1) is 15.5. The summed E-state index contributed by atoms with van der Waals surface area (Å²) in [5.74, 6) is 1.44. The minimum absolute atomic E-state index is 0. The SMILES string of the molecule is CC12CC3c4ccc(N)cc4C4CC(N)(C1)CC34C2.Cl.Cl. The molecule has 1 aromatic carbocycles. The van der Waals surface area contributed by atoms with Crippen LogP contribution in [-0.4, -0.2) is 5.54 Å². The molecule has 4 aliphatic rings. The largest absolute Gasteiger partial charge is 0.399 e. The predicted molar refractivity (Wildman–Crippen MR) is 91.4 cm³/mol. The van der Waals surface area contributed by atoms with E-state index in [9.17, 15) is 0 Å². The van der Waals surface area contributed by atoms with Gasteiger partial charge in [0.1, 0.15) is 0 Å². The van der Waals surface area contributed by atoms with Crippen LogP contribution >= 0.6 is 24.8 Å². The van der Waals surface area contributed by atoms with Crippen molar-refractivity contribution >= 4 is 30.5 Å². The maximum Gasteiger partial charge on any atom is 0.0317 e. The van der Waals surface area contributed by atoms with Crippen LogP contribution in [0, 0.1) is 10.8 Å². The number of benzene rings is 1. The van der Waals surface area contributed by atoms with Gasteiger partial charge in [-0.2, -0.15) is 0 Å². The second kappa shape index (κ2) is 4.10. The van der Waals surface area contributed by atoms with Crippen LogP contribution in [0.1, 0.15) is 62.0 Å². The monoisotopic (exact) mass is 326 g/mol. The molecular formula is C17H24Cl2N2. The van der Waals surface area contributed by atoms with Crippen molar-refractivity contribution in [1.82, 2.24) is 0 Å². The van der Waals surface area contributed by atoms with Gasteiger partial charge in [0.05, 0.1) is 0 Å². The molecule has 5 unspecified atom stereocenters. The average molecular weight is 327 g/mol. The molecule has 4 N–H and O–H groups in total. The maximum absolute atomic E-state index is 6.75. The molecule has 0 saturated heterocycles. The maximum atomic E-state index is 6.75. The molecule has 1 spiro atoms. The Kier molecular flexibility index (Phi) is 3.01. The van der Waals surface area contributed by atoms with Gasteiger partial charge in [-0.05, 0) is 78.0 Å². The standard InChI is InChI=1S/C17H22N2.2ClH/c1-15-5-13-11-3-2-10(18)4-12(11)14-6-16(19,7-15)9-17(13,14)8-15;;/h2-4,13-14H,5-9,18-19H2,1H3;2*1H. The van der Waals surface area contributed by atoms with Crippen molar-refractivity contribution in [2.75, 3.05) is 5.73 Å². The van der Waals surface area contributed by atoms with Gasteiger partial charge in [0.25, 0.3) is 0 Å². The Bertz CT molecular complexity index is 615. The normalized spacial score (nSPS) is 47.5. The lowest BCUT2D eigenvalue weighted by atomic mass is 9.66. The first-order valence-electron chi connectivity index (χ1n) is 7.62. The van der Waals surface area contributed by atoms with Crippen LogP contribution in [0.5, 0.6) is 0 Å². The Morgan fingerprint density at radius 3 is 2.48 bits per heavy atom. The topological polar surface area (TPSA) is 52.0 Å². The number of anilines is 1. The highest BCUT2D eigenvalue weighted by Gasteiger charge is 2.71. The molecule has 3 saturated carbocycles. The van der Waals surface area contributed by atoms with Gasteiger partial charge in [0.2, 0.25) is 0 Å². The van der Waals surface area contributed by atoms with Gasteiger partial charge in [-0.3, -0.25) is 0 Å². The summed E-state index contributed by atoms with van der Waals surface area (Å²) in [5, 5.41) is 0. The molecular weight excluding hydrogens is 303 g/mol. The fourth-order valence-electron chi connectivity index (χ4n) is 6.87. The molecule has 0 amide bonds.